The summed E-state index contributed by atoms with van der Waals surface area (Å²) in [6, 6.07) is 0. The summed E-state index contributed by atoms with van der Waals surface area (Å²) in [5.74, 6) is 1.20. The number of halogens is 1. The molecule has 2 fully saturated rings. The molecule has 0 aromatic rings. The fourth-order valence-electron chi connectivity index (χ4n) is 2.30. The number of hydrogen-bond acceptors (Lipinski definition) is 2. The van der Waals surface area contributed by atoms with Crippen LogP contribution in [0.3, 0.4) is 0 Å². The van der Waals surface area contributed by atoms with E-state index in [9.17, 15) is 8.42 Å². The highest BCUT2D eigenvalue weighted by molar-refractivity contribution is 9.09. The van der Waals surface area contributed by atoms with Crippen molar-refractivity contribution in [3.8, 4) is 0 Å². The summed E-state index contributed by atoms with van der Waals surface area (Å²) >= 11 is 3.50. The van der Waals surface area contributed by atoms with E-state index in [2.05, 4.69) is 20.7 Å². The van der Waals surface area contributed by atoms with E-state index in [0.717, 1.165) is 18.2 Å². The van der Waals surface area contributed by atoms with Gasteiger partial charge in [0.2, 0.25) is 10.0 Å². The van der Waals surface area contributed by atoms with Gasteiger partial charge in [-0.2, -0.15) is 0 Å². The van der Waals surface area contributed by atoms with Gasteiger partial charge in [0.1, 0.15) is 0 Å². The molecular formula is C10H18BrNO2S. The van der Waals surface area contributed by atoms with Gasteiger partial charge < -0.3 is 0 Å². The third-order valence-corrected chi connectivity index (χ3v) is 6.27. The van der Waals surface area contributed by atoms with Crippen LogP contribution in [0.5, 0.6) is 0 Å². The highest BCUT2D eigenvalue weighted by Gasteiger charge is 2.36. The Morgan fingerprint density at radius 2 is 1.80 bits per heavy atom. The summed E-state index contributed by atoms with van der Waals surface area (Å²) in [6.07, 6.45) is 5.35. The lowest BCUT2D eigenvalue weighted by Gasteiger charge is -2.17. The first kappa shape index (κ1) is 11.9. The van der Waals surface area contributed by atoms with Crippen LogP contribution < -0.4 is 4.72 Å². The zero-order valence-corrected chi connectivity index (χ0v) is 11.2. The smallest absolute Gasteiger partial charge is 0.214 e. The molecule has 0 aromatic carbocycles. The SMILES string of the molecule is O=S(=O)(NCC1CCCC1CBr)C1CC1. The minimum Gasteiger partial charge on any atom is -0.215 e. The molecule has 2 aliphatic carbocycles. The summed E-state index contributed by atoms with van der Waals surface area (Å²) in [5.41, 5.74) is 0. The van der Waals surface area contributed by atoms with E-state index >= 15 is 0 Å². The molecule has 1 N–H and O–H groups in total. The maximum absolute atomic E-state index is 11.6. The van der Waals surface area contributed by atoms with E-state index in [-0.39, 0.29) is 5.25 Å². The predicted molar refractivity (Wildman–Crippen MR) is 64.6 cm³/mol. The third-order valence-electron chi connectivity index (χ3n) is 3.52. The second kappa shape index (κ2) is 4.72. The van der Waals surface area contributed by atoms with Gasteiger partial charge in [0.15, 0.2) is 0 Å². The van der Waals surface area contributed by atoms with Crippen LogP contribution in [0.25, 0.3) is 0 Å². The fraction of sp³-hybridized carbons (Fsp3) is 1.00. The first-order valence-corrected chi connectivity index (χ1v) is 8.34. The van der Waals surface area contributed by atoms with Gasteiger partial charge in [-0.05, 0) is 37.5 Å². The van der Waals surface area contributed by atoms with Crippen LogP contribution in [-0.4, -0.2) is 25.5 Å². The first-order chi connectivity index (χ1) is 7.13. The summed E-state index contributed by atoms with van der Waals surface area (Å²) in [5, 5.41) is 0.921. The van der Waals surface area contributed by atoms with Gasteiger partial charge in [0.05, 0.1) is 5.25 Å². The molecule has 88 valence electrons. The van der Waals surface area contributed by atoms with Gasteiger partial charge in [-0.15, -0.1) is 0 Å². The predicted octanol–water partition coefficient (Wildman–Crippen LogP) is 1.88. The molecule has 2 saturated carbocycles. The molecule has 5 heteroatoms. The van der Waals surface area contributed by atoms with E-state index in [0.29, 0.717) is 18.4 Å². The molecule has 3 nitrogen and oxygen atoms in total. The van der Waals surface area contributed by atoms with Crippen molar-refractivity contribution in [2.24, 2.45) is 11.8 Å². The normalized spacial score (nSPS) is 32.1. The zero-order chi connectivity index (χ0) is 10.9. The third kappa shape index (κ3) is 2.94. The summed E-state index contributed by atoms with van der Waals surface area (Å²) in [4.78, 5) is 0. The van der Waals surface area contributed by atoms with Crippen LogP contribution in [0.1, 0.15) is 32.1 Å². The minimum atomic E-state index is -2.97. The molecule has 0 radical (unpaired) electrons. The van der Waals surface area contributed by atoms with Crippen molar-refractivity contribution in [2.45, 2.75) is 37.4 Å². The average molecular weight is 296 g/mol. The lowest BCUT2D eigenvalue weighted by Crippen LogP contribution is -2.33. The van der Waals surface area contributed by atoms with E-state index in [1.165, 1.54) is 19.3 Å². The Bertz CT molecular complexity index is 313. The summed E-state index contributed by atoms with van der Waals surface area (Å²) in [6.45, 7) is 0.648. The monoisotopic (exact) mass is 295 g/mol. The van der Waals surface area contributed by atoms with Crippen molar-refractivity contribution in [1.29, 1.82) is 0 Å². The second-order valence-electron chi connectivity index (χ2n) is 4.70. The van der Waals surface area contributed by atoms with Crippen LogP contribution in [0, 0.1) is 11.8 Å². The van der Waals surface area contributed by atoms with Crippen molar-refractivity contribution < 1.29 is 8.42 Å². The Morgan fingerprint density at radius 3 is 2.40 bits per heavy atom. The maximum Gasteiger partial charge on any atom is 0.214 e. The molecule has 0 aromatic heterocycles. The van der Waals surface area contributed by atoms with Crippen molar-refractivity contribution >= 4 is 26.0 Å². The molecular weight excluding hydrogens is 278 g/mol. The Balaban J connectivity index is 1.82. The van der Waals surface area contributed by atoms with E-state index in [1.807, 2.05) is 0 Å². The standard InChI is InChI=1S/C10H18BrNO2S/c11-6-8-2-1-3-9(8)7-12-15(13,14)10-4-5-10/h8-10,12H,1-7H2. The number of alkyl halides is 1. The van der Waals surface area contributed by atoms with E-state index < -0.39 is 10.0 Å². The van der Waals surface area contributed by atoms with E-state index in [4.69, 9.17) is 0 Å². The van der Waals surface area contributed by atoms with Crippen LogP contribution >= 0.6 is 15.9 Å². The van der Waals surface area contributed by atoms with Crippen molar-refractivity contribution in [3.63, 3.8) is 0 Å². The van der Waals surface area contributed by atoms with E-state index in [1.54, 1.807) is 0 Å². The molecule has 0 bridgehead atoms. The van der Waals surface area contributed by atoms with Crippen molar-refractivity contribution in [1.82, 2.24) is 4.72 Å². The zero-order valence-electron chi connectivity index (χ0n) is 8.78. The Morgan fingerprint density at radius 1 is 1.13 bits per heavy atom. The Hall–Kier alpha value is 0.390. The molecule has 2 aliphatic rings. The van der Waals surface area contributed by atoms with Crippen LogP contribution in [0.2, 0.25) is 0 Å². The summed E-state index contributed by atoms with van der Waals surface area (Å²) < 4.78 is 26.0. The van der Waals surface area contributed by atoms with Crippen molar-refractivity contribution in [2.75, 3.05) is 11.9 Å². The largest absolute Gasteiger partial charge is 0.215 e. The Labute approximate surface area is 100 Å². The van der Waals surface area contributed by atoms with Gasteiger partial charge in [-0.1, -0.05) is 22.4 Å². The van der Waals surface area contributed by atoms with Gasteiger partial charge in [-0.3, -0.25) is 0 Å². The van der Waals surface area contributed by atoms with Gasteiger partial charge >= 0.3 is 0 Å². The first-order valence-electron chi connectivity index (χ1n) is 5.68. The van der Waals surface area contributed by atoms with Crippen LogP contribution in [0.4, 0.5) is 0 Å². The average Bonchev–Trinajstić information content (AvgIpc) is 2.96. The molecule has 0 aliphatic heterocycles. The molecule has 2 rings (SSSR count). The second-order valence-corrected chi connectivity index (χ2v) is 7.39. The van der Waals surface area contributed by atoms with Crippen LogP contribution in [0.15, 0.2) is 0 Å². The summed E-state index contributed by atoms with van der Waals surface area (Å²) in [7, 11) is -2.97. The van der Waals surface area contributed by atoms with Gasteiger partial charge in [-0.25, -0.2) is 13.1 Å². The van der Waals surface area contributed by atoms with Gasteiger partial charge in [0.25, 0.3) is 0 Å². The highest BCUT2D eigenvalue weighted by Crippen LogP contribution is 2.33. The lowest BCUT2D eigenvalue weighted by atomic mass is 9.99. The maximum atomic E-state index is 11.6. The number of sulfonamides is 1. The molecule has 0 saturated heterocycles. The minimum absolute atomic E-state index is 0.0821. The number of nitrogens with one attached hydrogen (secondary N) is 1. The molecule has 2 unspecified atom stereocenters. The molecule has 15 heavy (non-hydrogen) atoms. The molecule has 0 amide bonds. The topological polar surface area (TPSA) is 46.2 Å². The quantitative estimate of drug-likeness (QED) is 0.787. The van der Waals surface area contributed by atoms with Gasteiger partial charge in [0, 0.05) is 11.9 Å². The highest BCUT2D eigenvalue weighted by atomic mass is 79.9. The van der Waals surface area contributed by atoms with Crippen LogP contribution in [-0.2, 0) is 10.0 Å². The number of hydrogen-bond donors (Lipinski definition) is 1. The molecule has 0 spiro atoms. The van der Waals surface area contributed by atoms with Crippen molar-refractivity contribution in [3.05, 3.63) is 0 Å². The molecule has 2 atom stereocenters. The molecule has 0 heterocycles. The number of rotatable bonds is 5. The lowest BCUT2D eigenvalue weighted by molar-refractivity contribution is 0.422. The fourth-order valence-corrected chi connectivity index (χ4v) is 4.60. The Kier molecular flexibility index (Phi) is 3.73.